The molecular weight excluding hydrogens is 540 g/mol. The number of hydrogen-bond donors (Lipinski definition) is 5. The van der Waals surface area contributed by atoms with Gasteiger partial charge in [0.2, 0.25) is 5.95 Å². The highest BCUT2D eigenvalue weighted by Crippen LogP contribution is 2.44. The summed E-state index contributed by atoms with van der Waals surface area (Å²) in [5.41, 5.74) is -0.0881. The lowest BCUT2D eigenvalue weighted by Gasteiger charge is -2.15. The fourth-order valence-electron chi connectivity index (χ4n) is 3.64. The van der Waals surface area contributed by atoms with Crippen LogP contribution < -0.4 is 5.32 Å². The number of nitrogens with zero attached hydrogens (tertiary/aromatic N) is 5. The van der Waals surface area contributed by atoms with Crippen molar-refractivity contribution >= 4 is 54.0 Å². The van der Waals surface area contributed by atoms with Crippen LogP contribution in [0.15, 0.2) is 56.4 Å². The number of fused-ring (bicyclic) bond motifs is 1. The Kier molecular flexibility index (Phi) is 6.75. The van der Waals surface area contributed by atoms with Crippen LogP contribution in [0, 0.1) is 20.8 Å². The minimum absolute atomic E-state index is 0.00490. The molecule has 1 heterocycles. The Morgan fingerprint density at radius 3 is 2.03 bits per heavy atom. The second kappa shape index (κ2) is 9.56. The van der Waals surface area contributed by atoms with E-state index in [1.54, 1.807) is 13.8 Å². The van der Waals surface area contributed by atoms with E-state index in [0.29, 0.717) is 17.2 Å². The number of anilines is 2. The first-order valence-electron chi connectivity index (χ1n) is 10.6. The Morgan fingerprint density at radius 1 is 0.789 bits per heavy atom. The van der Waals surface area contributed by atoms with E-state index in [1.807, 2.05) is 0 Å². The third-order valence-electron chi connectivity index (χ3n) is 5.25. The summed E-state index contributed by atoms with van der Waals surface area (Å²) in [4.78, 5) is 11.4. The molecule has 5 N–H and O–H groups in total. The number of aryl methyl sites for hydroxylation is 3. The highest BCUT2D eigenvalue weighted by Gasteiger charge is 2.20. The molecule has 0 saturated carbocycles. The first-order valence-corrected chi connectivity index (χ1v) is 13.5. The third-order valence-corrected chi connectivity index (χ3v) is 6.94. The fraction of sp³-hybridized carbons (Fsp3) is 0.136. The molecule has 0 aliphatic heterocycles. The Labute approximate surface area is 216 Å². The van der Waals surface area contributed by atoms with Crippen molar-refractivity contribution in [1.82, 2.24) is 15.0 Å². The summed E-state index contributed by atoms with van der Waals surface area (Å²) in [6.07, 6.45) is 0. The lowest BCUT2D eigenvalue weighted by atomic mass is 10.0. The molecule has 0 atom stereocenters. The number of phenols is 2. The van der Waals surface area contributed by atoms with Crippen molar-refractivity contribution in [1.29, 1.82) is 0 Å². The molecule has 0 amide bonds. The predicted molar refractivity (Wildman–Crippen MR) is 135 cm³/mol. The highest BCUT2D eigenvalue weighted by molar-refractivity contribution is 7.86. The summed E-state index contributed by atoms with van der Waals surface area (Å²) < 4.78 is 65.6. The van der Waals surface area contributed by atoms with Gasteiger partial charge in [-0.25, -0.2) is 4.98 Å². The standard InChI is InChI=1S/C22H20N6O8S2/c1-10-6-13-7-15(38(34,35)36)9-17(26-22-24-11(2)23-12(3)25-22)19(13)21(30)20(10)28-27-16-8-14(37(31,32)33)4-5-18(16)29/h4-9,29-30H,1-3H3,(H,31,32,33)(H,34,35,36)(H,23,24,25,26). The summed E-state index contributed by atoms with van der Waals surface area (Å²) in [6, 6.07) is 6.55. The van der Waals surface area contributed by atoms with Gasteiger partial charge in [0.1, 0.15) is 28.8 Å². The van der Waals surface area contributed by atoms with Crippen LogP contribution in [0.2, 0.25) is 0 Å². The predicted octanol–water partition coefficient (Wildman–Crippen LogP) is 4.01. The topological polar surface area (TPSA) is 225 Å². The van der Waals surface area contributed by atoms with Gasteiger partial charge in [0.15, 0.2) is 5.75 Å². The van der Waals surface area contributed by atoms with Gasteiger partial charge in [0.25, 0.3) is 20.2 Å². The van der Waals surface area contributed by atoms with E-state index in [1.165, 1.54) is 13.0 Å². The van der Waals surface area contributed by atoms with Crippen LogP contribution in [0.25, 0.3) is 10.8 Å². The van der Waals surface area contributed by atoms with Crippen molar-refractivity contribution < 1.29 is 36.2 Å². The molecule has 14 nitrogen and oxygen atoms in total. The van der Waals surface area contributed by atoms with Gasteiger partial charge in [-0.15, -0.1) is 10.2 Å². The number of hydrogen-bond acceptors (Lipinski definition) is 12. The van der Waals surface area contributed by atoms with Crippen LogP contribution in [0.4, 0.5) is 23.0 Å². The summed E-state index contributed by atoms with van der Waals surface area (Å²) in [5.74, 6) is -0.117. The third kappa shape index (κ3) is 5.52. The fourth-order valence-corrected chi connectivity index (χ4v) is 4.68. The molecular formula is C22H20N6O8S2. The van der Waals surface area contributed by atoms with E-state index in [0.717, 1.165) is 30.3 Å². The van der Waals surface area contributed by atoms with Crippen LogP contribution in [-0.2, 0) is 20.2 Å². The number of phenolic OH excluding ortho intramolecular Hbond substituents is 2. The van der Waals surface area contributed by atoms with Gasteiger partial charge < -0.3 is 15.5 Å². The maximum absolute atomic E-state index is 11.9. The van der Waals surface area contributed by atoms with E-state index in [9.17, 15) is 36.2 Å². The largest absolute Gasteiger partial charge is 0.506 e. The Balaban J connectivity index is 1.93. The van der Waals surface area contributed by atoms with Gasteiger partial charge in [-0.05, 0) is 68.1 Å². The van der Waals surface area contributed by atoms with Gasteiger partial charge in [0, 0.05) is 5.39 Å². The smallest absolute Gasteiger partial charge is 0.294 e. The minimum Gasteiger partial charge on any atom is -0.506 e. The SMILES string of the molecule is Cc1nc(C)nc(Nc2cc(S(=O)(=O)O)cc3cc(C)c(N=Nc4cc(S(=O)(=O)O)ccc4O)c(O)c23)n1. The molecule has 0 aliphatic carbocycles. The van der Waals surface area contributed by atoms with E-state index >= 15 is 0 Å². The average molecular weight is 561 g/mol. The summed E-state index contributed by atoms with van der Waals surface area (Å²) in [6.45, 7) is 4.78. The second-order valence-corrected chi connectivity index (χ2v) is 11.0. The quantitative estimate of drug-likeness (QED) is 0.166. The highest BCUT2D eigenvalue weighted by atomic mass is 32.2. The molecule has 4 aromatic rings. The molecule has 1 aromatic heterocycles. The van der Waals surface area contributed by atoms with Gasteiger partial charge >= 0.3 is 0 Å². The van der Waals surface area contributed by atoms with Crippen LogP contribution in [0.5, 0.6) is 11.5 Å². The van der Waals surface area contributed by atoms with Crippen molar-refractivity contribution in [3.63, 3.8) is 0 Å². The van der Waals surface area contributed by atoms with Crippen LogP contribution in [0.3, 0.4) is 0 Å². The van der Waals surface area contributed by atoms with Gasteiger partial charge in [-0.3, -0.25) is 9.11 Å². The molecule has 198 valence electrons. The molecule has 0 aliphatic rings. The summed E-state index contributed by atoms with van der Waals surface area (Å²) >= 11 is 0. The minimum atomic E-state index is -4.64. The zero-order valence-electron chi connectivity index (χ0n) is 19.9. The van der Waals surface area contributed by atoms with Gasteiger partial charge in [0.05, 0.1) is 15.5 Å². The molecule has 0 unspecified atom stereocenters. The molecule has 16 heteroatoms. The number of aromatic hydroxyl groups is 2. The zero-order valence-corrected chi connectivity index (χ0v) is 21.6. The lowest BCUT2D eigenvalue weighted by molar-refractivity contribution is 0.472. The molecule has 3 aromatic carbocycles. The van der Waals surface area contributed by atoms with Crippen molar-refractivity contribution in [3.05, 3.63) is 53.6 Å². The van der Waals surface area contributed by atoms with E-state index in [2.05, 4.69) is 30.5 Å². The second-order valence-electron chi connectivity index (χ2n) is 8.14. The molecule has 4 rings (SSSR count). The van der Waals surface area contributed by atoms with Crippen molar-refractivity contribution in [2.75, 3.05) is 5.32 Å². The number of benzene rings is 3. The van der Waals surface area contributed by atoms with Crippen LogP contribution in [0.1, 0.15) is 17.2 Å². The van der Waals surface area contributed by atoms with E-state index in [4.69, 9.17) is 0 Å². The maximum atomic E-state index is 11.9. The normalized spacial score (nSPS) is 12.3. The molecule has 0 saturated heterocycles. The summed E-state index contributed by atoms with van der Waals surface area (Å²) in [7, 11) is -9.23. The maximum Gasteiger partial charge on any atom is 0.294 e. The first kappa shape index (κ1) is 26.8. The average Bonchev–Trinajstić information content (AvgIpc) is 2.77. The number of azo groups is 1. The number of nitrogens with one attached hydrogen (secondary N) is 1. The van der Waals surface area contributed by atoms with Crippen molar-refractivity contribution in [2.24, 2.45) is 10.2 Å². The monoisotopic (exact) mass is 560 g/mol. The Morgan fingerprint density at radius 2 is 1.42 bits per heavy atom. The summed E-state index contributed by atoms with van der Waals surface area (Å²) in [5, 5.41) is 32.1. The Bertz CT molecular complexity index is 1840. The molecule has 0 radical (unpaired) electrons. The van der Waals surface area contributed by atoms with E-state index < -0.39 is 41.5 Å². The molecule has 0 bridgehead atoms. The van der Waals surface area contributed by atoms with Crippen molar-refractivity contribution in [3.8, 4) is 11.5 Å². The van der Waals surface area contributed by atoms with Crippen LogP contribution in [-0.4, -0.2) is 51.1 Å². The number of aromatic nitrogens is 3. The van der Waals surface area contributed by atoms with E-state index in [-0.39, 0.29) is 33.8 Å². The molecule has 0 fully saturated rings. The first-order chi connectivity index (χ1) is 17.6. The molecule has 0 spiro atoms. The van der Waals surface area contributed by atoms with Crippen molar-refractivity contribution in [2.45, 2.75) is 30.6 Å². The van der Waals surface area contributed by atoms with Gasteiger partial charge in [-0.2, -0.15) is 26.8 Å². The lowest BCUT2D eigenvalue weighted by Crippen LogP contribution is -2.05. The van der Waals surface area contributed by atoms with Gasteiger partial charge in [-0.1, -0.05) is 0 Å². The number of rotatable bonds is 6. The zero-order chi connectivity index (χ0) is 28.0. The molecule has 38 heavy (non-hydrogen) atoms. The Hall–Kier alpha value is -4.25. The van der Waals surface area contributed by atoms with Crippen LogP contribution >= 0.6 is 0 Å².